The van der Waals surface area contributed by atoms with E-state index >= 15 is 0 Å². The highest BCUT2D eigenvalue weighted by atomic mass is 16.5. The Morgan fingerprint density at radius 2 is 2.03 bits per heavy atom. The first kappa shape index (κ1) is 18.8. The number of aryl methyl sites for hydroxylation is 1. The second-order valence-corrected chi connectivity index (χ2v) is 6.94. The van der Waals surface area contributed by atoms with Crippen molar-refractivity contribution < 1.29 is 9.15 Å². The molecule has 4 rings (SSSR count). The van der Waals surface area contributed by atoms with E-state index in [9.17, 15) is 4.79 Å². The molecule has 0 amide bonds. The summed E-state index contributed by atoms with van der Waals surface area (Å²) in [5.74, 6) is 0.747. The van der Waals surface area contributed by atoms with E-state index in [2.05, 4.69) is 16.4 Å². The van der Waals surface area contributed by atoms with Crippen LogP contribution in [0.15, 0.2) is 57.9 Å². The molecule has 0 saturated carbocycles. The molecule has 6 nitrogen and oxygen atoms in total. The van der Waals surface area contributed by atoms with Crippen molar-refractivity contribution in [1.29, 1.82) is 5.26 Å². The van der Waals surface area contributed by atoms with Crippen LogP contribution in [0.2, 0.25) is 0 Å². The third-order valence-corrected chi connectivity index (χ3v) is 4.94. The van der Waals surface area contributed by atoms with E-state index in [4.69, 9.17) is 14.4 Å². The van der Waals surface area contributed by atoms with E-state index in [0.717, 1.165) is 40.6 Å². The molecular weight excluding hydrogens is 366 g/mol. The number of aromatic amines is 1. The minimum Gasteiger partial charge on any atom is -0.492 e. The van der Waals surface area contributed by atoms with Crippen LogP contribution in [0.3, 0.4) is 0 Å². The maximum Gasteiger partial charge on any atom is 0.336 e. The molecule has 0 aliphatic carbocycles. The van der Waals surface area contributed by atoms with Crippen LogP contribution in [-0.4, -0.2) is 24.7 Å². The summed E-state index contributed by atoms with van der Waals surface area (Å²) in [6.07, 6.45) is 2.86. The zero-order valence-corrected chi connectivity index (χ0v) is 16.1. The predicted octanol–water partition coefficient (Wildman–Crippen LogP) is 3.67. The first-order valence-electron chi connectivity index (χ1n) is 9.52. The lowest BCUT2D eigenvalue weighted by Crippen LogP contribution is -2.23. The average molecular weight is 387 g/mol. The maximum absolute atomic E-state index is 11.4. The van der Waals surface area contributed by atoms with Gasteiger partial charge in [-0.1, -0.05) is 0 Å². The van der Waals surface area contributed by atoms with Crippen LogP contribution in [0.25, 0.3) is 21.9 Å². The van der Waals surface area contributed by atoms with E-state index in [0.29, 0.717) is 24.3 Å². The van der Waals surface area contributed by atoms with Crippen LogP contribution in [0.1, 0.15) is 16.7 Å². The summed E-state index contributed by atoms with van der Waals surface area (Å²) in [4.78, 5) is 14.7. The zero-order chi connectivity index (χ0) is 20.2. The fraction of sp³-hybridized carbons (Fsp3) is 0.217. The number of hydrogen-bond acceptors (Lipinski definition) is 5. The largest absolute Gasteiger partial charge is 0.492 e. The van der Waals surface area contributed by atoms with Gasteiger partial charge in [0.15, 0.2) is 0 Å². The number of benzene rings is 2. The summed E-state index contributed by atoms with van der Waals surface area (Å²) < 4.78 is 11.0. The molecule has 4 aromatic rings. The molecule has 0 atom stereocenters. The molecule has 2 heterocycles. The third-order valence-electron chi connectivity index (χ3n) is 4.94. The fourth-order valence-electron chi connectivity index (χ4n) is 3.43. The highest BCUT2D eigenvalue weighted by Crippen LogP contribution is 2.22. The van der Waals surface area contributed by atoms with Crippen LogP contribution < -0.4 is 15.7 Å². The second kappa shape index (κ2) is 8.21. The Hall–Kier alpha value is -3.56. The molecular formula is C23H21N3O3. The minimum atomic E-state index is -0.341. The molecule has 0 fully saturated rings. The number of ether oxygens (including phenoxy) is 1. The van der Waals surface area contributed by atoms with E-state index in [-0.39, 0.29) is 5.63 Å². The number of aromatic nitrogens is 1. The van der Waals surface area contributed by atoms with Crippen molar-refractivity contribution in [2.24, 2.45) is 0 Å². The van der Waals surface area contributed by atoms with Gasteiger partial charge in [-0.25, -0.2) is 4.79 Å². The van der Waals surface area contributed by atoms with Crippen molar-refractivity contribution in [3.8, 4) is 11.8 Å². The Morgan fingerprint density at radius 1 is 1.14 bits per heavy atom. The summed E-state index contributed by atoms with van der Waals surface area (Å²) in [6, 6.07) is 14.8. The van der Waals surface area contributed by atoms with Crippen LogP contribution >= 0.6 is 0 Å². The second-order valence-electron chi connectivity index (χ2n) is 6.94. The average Bonchev–Trinajstić information content (AvgIpc) is 3.13. The van der Waals surface area contributed by atoms with Gasteiger partial charge < -0.3 is 19.5 Å². The monoisotopic (exact) mass is 387 g/mol. The summed E-state index contributed by atoms with van der Waals surface area (Å²) in [6.45, 7) is 3.95. The summed E-state index contributed by atoms with van der Waals surface area (Å²) in [5.41, 5.74) is 4.01. The van der Waals surface area contributed by atoms with Crippen LogP contribution in [-0.2, 0) is 6.42 Å². The number of nitriles is 1. The van der Waals surface area contributed by atoms with Gasteiger partial charge in [-0.3, -0.25) is 0 Å². The van der Waals surface area contributed by atoms with Crippen LogP contribution in [0.4, 0.5) is 0 Å². The Labute approximate surface area is 167 Å². The van der Waals surface area contributed by atoms with Crippen molar-refractivity contribution in [1.82, 2.24) is 10.3 Å². The van der Waals surface area contributed by atoms with Gasteiger partial charge in [-0.15, -0.1) is 0 Å². The maximum atomic E-state index is 11.4. The van der Waals surface area contributed by atoms with E-state index in [1.165, 1.54) is 11.6 Å². The van der Waals surface area contributed by atoms with Gasteiger partial charge in [0.25, 0.3) is 0 Å². The van der Waals surface area contributed by atoms with Crippen molar-refractivity contribution in [2.45, 2.75) is 13.3 Å². The van der Waals surface area contributed by atoms with Crippen LogP contribution in [0, 0.1) is 18.3 Å². The molecule has 29 heavy (non-hydrogen) atoms. The Bertz CT molecular complexity index is 1260. The van der Waals surface area contributed by atoms with E-state index in [1.54, 1.807) is 6.07 Å². The molecule has 0 radical (unpaired) electrons. The topological polar surface area (TPSA) is 91.0 Å². The molecule has 0 bridgehead atoms. The number of rotatable bonds is 7. The van der Waals surface area contributed by atoms with Gasteiger partial charge in [0.05, 0.1) is 11.6 Å². The molecule has 0 aliphatic heterocycles. The Kier molecular flexibility index (Phi) is 5.32. The molecule has 2 aromatic carbocycles. The minimum absolute atomic E-state index is 0.341. The number of H-pyrrole nitrogens is 1. The van der Waals surface area contributed by atoms with Gasteiger partial charge >= 0.3 is 5.63 Å². The predicted molar refractivity (Wildman–Crippen MR) is 112 cm³/mol. The molecule has 6 heteroatoms. The normalized spacial score (nSPS) is 11.0. The lowest BCUT2D eigenvalue weighted by molar-refractivity contribution is 0.315. The highest BCUT2D eigenvalue weighted by Gasteiger charge is 2.06. The van der Waals surface area contributed by atoms with Gasteiger partial charge in [-0.05, 0) is 67.4 Å². The number of fused-ring (bicyclic) bond motifs is 2. The molecule has 0 saturated heterocycles. The zero-order valence-electron chi connectivity index (χ0n) is 16.1. The molecule has 0 unspecified atom stereocenters. The molecule has 2 N–H and O–H groups in total. The SMILES string of the molecule is Cc1cc(=O)oc2ccc(OCCNCCc3c[nH]c4ccc(C#N)cc34)cc12. The van der Waals surface area contributed by atoms with Crippen molar-refractivity contribution in [3.63, 3.8) is 0 Å². The smallest absolute Gasteiger partial charge is 0.336 e. The fourth-order valence-corrected chi connectivity index (χ4v) is 3.43. The number of hydrogen-bond donors (Lipinski definition) is 2. The van der Waals surface area contributed by atoms with E-state index < -0.39 is 0 Å². The highest BCUT2D eigenvalue weighted by molar-refractivity contribution is 5.84. The van der Waals surface area contributed by atoms with Crippen LogP contribution in [0.5, 0.6) is 5.75 Å². The summed E-state index contributed by atoms with van der Waals surface area (Å²) >= 11 is 0. The molecule has 0 aliphatic rings. The first-order chi connectivity index (χ1) is 14.1. The first-order valence-corrected chi connectivity index (χ1v) is 9.52. The van der Waals surface area contributed by atoms with Crippen molar-refractivity contribution in [3.05, 3.63) is 75.8 Å². The number of nitrogens with zero attached hydrogens (tertiary/aromatic N) is 1. The summed E-state index contributed by atoms with van der Waals surface area (Å²) in [7, 11) is 0. The third kappa shape index (κ3) is 4.15. The summed E-state index contributed by atoms with van der Waals surface area (Å²) in [5, 5.41) is 14.4. The Morgan fingerprint density at radius 3 is 2.90 bits per heavy atom. The molecule has 0 spiro atoms. The Balaban J connectivity index is 1.28. The molecule has 2 aromatic heterocycles. The number of nitrogens with one attached hydrogen (secondary N) is 2. The quantitative estimate of drug-likeness (QED) is 0.373. The van der Waals surface area contributed by atoms with Gasteiger partial charge in [-0.2, -0.15) is 5.26 Å². The van der Waals surface area contributed by atoms with Gasteiger partial charge in [0.2, 0.25) is 0 Å². The van der Waals surface area contributed by atoms with Crippen molar-refractivity contribution >= 4 is 21.9 Å². The van der Waals surface area contributed by atoms with Crippen molar-refractivity contribution in [2.75, 3.05) is 19.7 Å². The molecule has 146 valence electrons. The lowest BCUT2D eigenvalue weighted by Gasteiger charge is -2.09. The standard InChI is InChI=1S/C23H21N3O3/c1-15-10-23(27)29-22-5-3-18(12-19(15)22)28-9-8-25-7-6-17-14-26-21-4-2-16(13-24)11-20(17)21/h2-5,10-12,14,25-26H,6-9H2,1H3. The van der Waals surface area contributed by atoms with Gasteiger partial charge in [0.1, 0.15) is 17.9 Å². The van der Waals surface area contributed by atoms with Gasteiger partial charge in [0, 0.05) is 35.1 Å². The van der Waals surface area contributed by atoms with E-state index in [1.807, 2.05) is 43.5 Å². The lowest BCUT2D eigenvalue weighted by atomic mass is 10.1.